The maximum Gasteiger partial charge on any atom is 0.312 e. The fourth-order valence-corrected chi connectivity index (χ4v) is 3.73. The van der Waals surface area contributed by atoms with E-state index in [1.807, 2.05) is 16.8 Å². The van der Waals surface area contributed by atoms with Crippen molar-refractivity contribution in [3.63, 3.8) is 0 Å². The Bertz CT molecular complexity index is 872. The zero-order valence-electron chi connectivity index (χ0n) is 13.3. The monoisotopic (exact) mass is 375 g/mol. The summed E-state index contributed by atoms with van der Waals surface area (Å²) in [5, 5.41) is 6.61. The molecule has 0 unspecified atom stereocenters. The van der Waals surface area contributed by atoms with Gasteiger partial charge in [-0.3, -0.25) is 9.59 Å². The quantitative estimate of drug-likeness (QED) is 0.474. The lowest BCUT2D eigenvalue weighted by Crippen LogP contribution is -2.25. The van der Waals surface area contributed by atoms with Crippen LogP contribution in [0.15, 0.2) is 46.5 Å². The predicted octanol–water partition coefficient (Wildman–Crippen LogP) is 4.37. The van der Waals surface area contributed by atoms with Crippen LogP contribution in [0.2, 0.25) is 0 Å². The minimum atomic E-state index is -0.937. The SMILES string of the molecule is C[C@H](OC(=O)Cc1csc(-c2ccsc2)n1)C(=O)c1ccc(F)cc1. The molecule has 2 heterocycles. The molecule has 0 aliphatic carbocycles. The summed E-state index contributed by atoms with van der Waals surface area (Å²) >= 11 is 3.04. The van der Waals surface area contributed by atoms with Crippen LogP contribution in [0.3, 0.4) is 0 Å². The molecule has 0 N–H and O–H groups in total. The van der Waals surface area contributed by atoms with E-state index in [0.29, 0.717) is 11.3 Å². The topological polar surface area (TPSA) is 56.3 Å². The standard InChI is InChI=1S/C18H14FNO3S2/c1-11(17(22)12-2-4-14(19)5-3-12)23-16(21)8-15-10-25-18(20-15)13-6-7-24-9-13/h2-7,9-11H,8H2,1H3/t11-/m0/s1. The van der Waals surface area contributed by atoms with Crippen LogP contribution in [0, 0.1) is 5.82 Å². The first-order valence-electron chi connectivity index (χ1n) is 7.49. The van der Waals surface area contributed by atoms with E-state index in [-0.39, 0.29) is 12.2 Å². The van der Waals surface area contributed by atoms with Gasteiger partial charge in [0.05, 0.1) is 12.1 Å². The van der Waals surface area contributed by atoms with Crippen molar-refractivity contribution in [2.45, 2.75) is 19.4 Å². The van der Waals surface area contributed by atoms with Gasteiger partial charge in [-0.2, -0.15) is 11.3 Å². The van der Waals surface area contributed by atoms with Gasteiger partial charge in [-0.15, -0.1) is 11.3 Å². The Balaban J connectivity index is 1.58. The van der Waals surface area contributed by atoms with E-state index < -0.39 is 17.9 Å². The Labute approximate surface area is 151 Å². The summed E-state index contributed by atoms with van der Waals surface area (Å²) in [6.07, 6.45) is -0.935. The van der Waals surface area contributed by atoms with Crippen molar-refractivity contribution in [1.29, 1.82) is 0 Å². The van der Waals surface area contributed by atoms with Crippen molar-refractivity contribution in [2.75, 3.05) is 0 Å². The third-order valence-corrected chi connectivity index (χ3v) is 5.07. The summed E-state index contributed by atoms with van der Waals surface area (Å²) in [6.45, 7) is 1.50. The number of aromatic nitrogens is 1. The van der Waals surface area contributed by atoms with Gasteiger partial charge in [0.2, 0.25) is 5.78 Å². The number of nitrogens with zero attached hydrogens (tertiary/aromatic N) is 1. The maximum atomic E-state index is 12.9. The van der Waals surface area contributed by atoms with Crippen molar-refractivity contribution in [3.8, 4) is 10.6 Å². The lowest BCUT2D eigenvalue weighted by molar-refractivity contribution is -0.145. The molecule has 0 bridgehead atoms. The molecule has 0 amide bonds. The van der Waals surface area contributed by atoms with Crippen LogP contribution in [0.25, 0.3) is 10.6 Å². The van der Waals surface area contributed by atoms with Gasteiger partial charge in [0, 0.05) is 21.9 Å². The Morgan fingerprint density at radius 2 is 1.96 bits per heavy atom. The van der Waals surface area contributed by atoms with Gasteiger partial charge in [0.25, 0.3) is 0 Å². The summed E-state index contributed by atoms with van der Waals surface area (Å²) in [6, 6.07) is 7.10. The summed E-state index contributed by atoms with van der Waals surface area (Å²) < 4.78 is 18.1. The minimum absolute atomic E-state index is 0.00166. The molecule has 25 heavy (non-hydrogen) atoms. The number of thiazole rings is 1. The summed E-state index contributed by atoms with van der Waals surface area (Å²) in [5.41, 5.74) is 1.93. The van der Waals surface area contributed by atoms with Gasteiger partial charge in [0.1, 0.15) is 10.8 Å². The van der Waals surface area contributed by atoms with Crippen molar-refractivity contribution in [1.82, 2.24) is 4.98 Å². The highest BCUT2D eigenvalue weighted by Crippen LogP contribution is 2.26. The molecule has 2 aromatic heterocycles. The van der Waals surface area contributed by atoms with E-state index in [0.717, 1.165) is 10.6 Å². The second kappa shape index (κ2) is 7.67. The first-order valence-corrected chi connectivity index (χ1v) is 9.31. The third-order valence-electron chi connectivity index (χ3n) is 3.45. The van der Waals surface area contributed by atoms with Crippen LogP contribution in [0.4, 0.5) is 4.39 Å². The molecule has 0 radical (unpaired) electrons. The number of rotatable bonds is 6. The molecule has 0 saturated heterocycles. The number of carbonyl (C=O) groups excluding carboxylic acids is 2. The first-order chi connectivity index (χ1) is 12.0. The second-order valence-electron chi connectivity index (χ2n) is 5.34. The highest BCUT2D eigenvalue weighted by molar-refractivity contribution is 7.14. The van der Waals surface area contributed by atoms with Gasteiger partial charge in [-0.25, -0.2) is 9.37 Å². The van der Waals surface area contributed by atoms with Gasteiger partial charge >= 0.3 is 5.97 Å². The van der Waals surface area contributed by atoms with E-state index >= 15 is 0 Å². The molecule has 1 atom stereocenters. The van der Waals surface area contributed by atoms with E-state index in [4.69, 9.17) is 4.74 Å². The Morgan fingerprint density at radius 3 is 2.64 bits per heavy atom. The van der Waals surface area contributed by atoms with Crippen LogP contribution >= 0.6 is 22.7 Å². The van der Waals surface area contributed by atoms with E-state index in [9.17, 15) is 14.0 Å². The molecular formula is C18H14FNO3S2. The number of benzene rings is 1. The molecular weight excluding hydrogens is 361 g/mol. The lowest BCUT2D eigenvalue weighted by Gasteiger charge is -2.11. The number of thiophene rings is 1. The molecule has 1 aromatic carbocycles. The van der Waals surface area contributed by atoms with Crippen LogP contribution in [0.5, 0.6) is 0 Å². The predicted molar refractivity (Wildman–Crippen MR) is 95.4 cm³/mol. The summed E-state index contributed by atoms with van der Waals surface area (Å²) in [4.78, 5) is 28.6. The molecule has 0 saturated carbocycles. The number of ketones is 1. The second-order valence-corrected chi connectivity index (χ2v) is 6.97. The average molecular weight is 375 g/mol. The molecule has 7 heteroatoms. The van der Waals surface area contributed by atoms with Gasteiger partial charge in [0.15, 0.2) is 6.10 Å². The lowest BCUT2D eigenvalue weighted by atomic mass is 10.1. The number of Topliss-reactive ketones (excluding diaryl/α,β-unsaturated/α-hetero) is 1. The maximum absolute atomic E-state index is 12.9. The molecule has 3 aromatic rings. The molecule has 0 fully saturated rings. The molecule has 3 rings (SSSR count). The zero-order valence-corrected chi connectivity index (χ0v) is 14.9. The Hall–Kier alpha value is -2.38. The first kappa shape index (κ1) is 17.4. The Kier molecular flexibility index (Phi) is 5.35. The van der Waals surface area contributed by atoms with Crippen molar-refractivity contribution >= 4 is 34.4 Å². The summed E-state index contributed by atoms with van der Waals surface area (Å²) in [7, 11) is 0. The largest absolute Gasteiger partial charge is 0.454 e. The number of hydrogen-bond acceptors (Lipinski definition) is 6. The number of esters is 1. The highest BCUT2D eigenvalue weighted by Gasteiger charge is 2.20. The van der Waals surface area contributed by atoms with Crippen molar-refractivity contribution in [2.24, 2.45) is 0 Å². The number of ether oxygens (including phenoxy) is 1. The average Bonchev–Trinajstić information content (AvgIpc) is 3.26. The van der Waals surface area contributed by atoms with Gasteiger partial charge < -0.3 is 4.74 Å². The molecule has 0 aliphatic rings. The molecule has 0 spiro atoms. The zero-order chi connectivity index (χ0) is 17.8. The summed E-state index contributed by atoms with van der Waals surface area (Å²) in [5.74, 6) is -1.32. The fourth-order valence-electron chi connectivity index (χ4n) is 2.20. The number of carbonyl (C=O) groups is 2. The van der Waals surface area contributed by atoms with Crippen LogP contribution in [-0.4, -0.2) is 22.8 Å². The molecule has 128 valence electrons. The van der Waals surface area contributed by atoms with Gasteiger partial charge in [-0.1, -0.05) is 0 Å². The van der Waals surface area contributed by atoms with E-state index in [2.05, 4.69) is 4.98 Å². The van der Waals surface area contributed by atoms with Gasteiger partial charge in [-0.05, 0) is 42.6 Å². The highest BCUT2D eigenvalue weighted by atomic mass is 32.1. The number of halogens is 1. The van der Waals surface area contributed by atoms with Crippen molar-refractivity contribution in [3.05, 3.63) is 63.5 Å². The van der Waals surface area contributed by atoms with Crippen LogP contribution in [0.1, 0.15) is 23.0 Å². The number of hydrogen-bond donors (Lipinski definition) is 0. The third kappa shape index (κ3) is 4.37. The molecule has 0 aliphatic heterocycles. The minimum Gasteiger partial charge on any atom is -0.454 e. The molecule has 4 nitrogen and oxygen atoms in total. The van der Waals surface area contributed by atoms with E-state index in [1.165, 1.54) is 42.5 Å². The normalized spacial score (nSPS) is 11.9. The van der Waals surface area contributed by atoms with E-state index in [1.54, 1.807) is 16.7 Å². The Morgan fingerprint density at radius 1 is 1.20 bits per heavy atom. The van der Waals surface area contributed by atoms with Crippen LogP contribution in [-0.2, 0) is 16.0 Å². The van der Waals surface area contributed by atoms with Crippen molar-refractivity contribution < 1.29 is 18.7 Å². The van der Waals surface area contributed by atoms with Crippen LogP contribution < -0.4 is 0 Å². The fraction of sp³-hybridized carbons (Fsp3) is 0.167. The smallest absolute Gasteiger partial charge is 0.312 e.